The van der Waals surface area contributed by atoms with Gasteiger partial charge in [-0.2, -0.15) is 0 Å². The second kappa shape index (κ2) is 9.34. The Kier molecular flexibility index (Phi) is 6.36. The Balaban J connectivity index is 1.63. The normalized spacial score (nSPS) is 10.7. The molecule has 0 aromatic heterocycles. The van der Waals surface area contributed by atoms with E-state index in [1.165, 1.54) is 5.56 Å². The van der Waals surface area contributed by atoms with Crippen molar-refractivity contribution in [1.29, 1.82) is 0 Å². The van der Waals surface area contributed by atoms with E-state index in [-0.39, 0.29) is 12.5 Å². The maximum Gasteiger partial charge on any atom is 0.262 e. The molecule has 1 amide bonds. The number of para-hydroxylation sites is 2. The van der Waals surface area contributed by atoms with E-state index >= 15 is 0 Å². The Morgan fingerprint density at radius 2 is 1.67 bits per heavy atom. The number of anilines is 1. The van der Waals surface area contributed by atoms with Gasteiger partial charge in [-0.05, 0) is 48.4 Å². The molecule has 0 aliphatic carbocycles. The zero-order valence-corrected chi connectivity index (χ0v) is 15.3. The fourth-order valence-corrected chi connectivity index (χ4v) is 2.54. The second-order valence-corrected chi connectivity index (χ2v) is 6.02. The van der Waals surface area contributed by atoms with Gasteiger partial charge in [0.1, 0.15) is 5.75 Å². The van der Waals surface area contributed by atoms with Crippen LogP contribution in [0.15, 0.2) is 83.9 Å². The van der Waals surface area contributed by atoms with E-state index in [4.69, 9.17) is 4.74 Å². The molecule has 136 valence electrons. The van der Waals surface area contributed by atoms with Crippen LogP contribution >= 0.6 is 0 Å². The predicted octanol–water partition coefficient (Wildman–Crippen LogP) is 5.02. The first-order valence-corrected chi connectivity index (χ1v) is 8.94. The van der Waals surface area contributed by atoms with E-state index in [2.05, 4.69) is 29.4 Å². The Morgan fingerprint density at radius 1 is 0.963 bits per heavy atom. The average molecular weight is 358 g/mol. The molecule has 0 saturated heterocycles. The number of carbonyl (C=O) groups is 1. The molecule has 0 aliphatic rings. The van der Waals surface area contributed by atoms with E-state index in [1.807, 2.05) is 66.7 Å². The molecule has 1 N–H and O–H groups in total. The lowest BCUT2D eigenvalue weighted by atomic mass is 10.1. The van der Waals surface area contributed by atoms with Gasteiger partial charge in [-0.25, -0.2) is 0 Å². The van der Waals surface area contributed by atoms with Gasteiger partial charge in [0.25, 0.3) is 5.91 Å². The minimum absolute atomic E-state index is 0.0645. The number of hydrogen-bond acceptors (Lipinski definition) is 3. The largest absolute Gasteiger partial charge is 0.483 e. The molecule has 0 aliphatic heterocycles. The monoisotopic (exact) mass is 358 g/mol. The van der Waals surface area contributed by atoms with E-state index in [1.54, 1.807) is 6.21 Å². The summed E-state index contributed by atoms with van der Waals surface area (Å²) < 4.78 is 5.69. The first kappa shape index (κ1) is 18.4. The summed E-state index contributed by atoms with van der Waals surface area (Å²) in [5.74, 6) is 0.415. The molecular weight excluding hydrogens is 336 g/mol. The first-order valence-electron chi connectivity index (χ1n) is 8.94. The fourth-order valence-electron chi connectivity index (χ4n) is 2.54. The van der Waals surface area contributed by atoms with Crippen LogP contribution < -0.4 is 10.1 Å². The number of aliphatic imine (C=N–C) groups is 1. The Hall–Kier alpha value is -3.40. The fraction of sp³-hybridized carbons (Fsp3) is 0.130. The van der Waals surface area contributed by atoms with Crippen molar-refractivity contribution in [2.24, 2.45) is 4.99 Å². The van der Waals surface area contributed by atoms with Gasteiger partial charge in [0.2, 0.25) is 0 Å². The van der Waals surface area contributed by atoms with Crippen molar-refractivity contribution in [3.63, 3.8) is 0 Å². The van der Waals surface area contributed by atoms with Crippen molar-refractivity contribution in [2.45, 2.75) is 13.3 Å². The minimum Gasteiger partial charge on any atom is -0.483 e. The maximum atomic E-state index is 12.1. The molecule has 0 heterocycles. The predicted molar refractivity (Wildman–Crippen MR) is 110 cm³/mol. The number of carbonyl (C=O) groups excluding carboxylic acids is 1. The van der Waals surface area contributed by atoms with Crippen LogP contribution in [0.4, 0.5) is 11.4 Å². The molecule has 0 unspecified atom stereocenters. The number of hydrogen-bond donors (Lipinski definition) is 1. The molecule has 3 aromatic rings. The van der Waals surface area contributed by atoms with Gasteiger partial charge in [0.05, 0.1) is 5.69 Å². The van der Waals surface area contributed by atoms with Crippen molar-refractivity contribution in [3.8, 4) is 5.75 Å². The van der Waals surface area contributed by atoms with Gasteiger partial charge in [0, 0.05) is 17.5 Å². The third-order valence-corrected chi connectivity index (χ3v) is 4.03. The van der Waals surface area contributed by atoms with Crippen molar-refractivity contribution in [1.82, 2.24) is 0 Å². The van der Waals surface area contributed by atoms with Crippen LogP contribution in [0.5, 0.6) is 5.75 Å². The quantitative estimate of drug-likeness (QED) is 0.603. The molecule has 27 heavy (non-hydrogen) atoms. The molecule has 4 heteroatoms. The van der Waals surface area contributed by atoms with E-state index < -0.39 is 0 Å². The highest BCUT2D eigenvalue weighted by Gasteiger charge is 2.06. The maximum absolute atomic E-state index is 12.1. The number of rotatable bonds is 7. The van der Waals surface area contributed by atoms with Crippen molar-refractivity contribution >= 4 is 23.5 Å². The van der Waals surface area contributed by atoms with Crippen LogP contribution in [-0.4, -0.2) is 18.7 Å². The summed E-state index contributed by atoms with van der Waals surface area (Å²) in [7, 11) is 0. The Bertz CT molecular complexity index is 903. The van der Waals surface area contributed by atoms with Gasteiger partial charge in [0.15, 0.2) is 6.61 Å². The third-order valence-electron chi connectivity index (χ3n) is 4.03. The number of nitrogens with one attached hydrogen (secondary N) is 1. The van der Waals surface area contributed by atoms with Crippen LogP contribution in [0.25, 0.3) is 0 Å². The zero-order valence-electron chi connectivity index (χ0n) is 15.3. The van der Waals surface area contributed by atoms with Crippen LogP contribution in [0.2, 0.25) is 0 Å². The van der Waals surface area contributed by atoms with Crippen LogP contribution in [0, 0.1) is 0 Å². The standard InChI is InChI=1S/C23H22N2O2/c1-2-18-12-14-20(15-13-18)24-16-19-8-6-7-11-22(19)27-17-23(26)25-21-9-4-3-5-10-21/h3-16H,2,17H2,1H3,(H,25,26). The smallest absolute Gasteiger partial charge is 0.262 e. The summed E-state index contributed by atoms with van der Waals surface area (Å²) >= 11 is 0. The SMILES string of the molecule is CCc1ccc(N=Cc2ccccc2OCC(=O)Nc2ccccc2)cc1. The molecule has 3 aromatic carbocycles. The molecular formula is C23H22N2O2. The molecule has 0 saturated carbocycles. The number of amides is 1. The highest BCUT2D eigenvalue weighted by Crippen LogP contribution is 2.19. The van der Waals surface area contributed by atoms with Crippen LogP contribution in [-0.2, 0) is 11.2 Å². The molecule has 0 radical (unpaired) electrons. The van der Waals surface area contributed by atoms with Crippen molar-refractivity contribution in [3.05, 3.63) is 90.0 Å². The van der Waals surface area contributed by atoms with E-state index in [0.29, 0.717) is 5.75 Å². The Labute approximate surface area is 159 Å². The van der Waals surface area contributed by atoms with Crippen molar-refractivity contribution < 1.29 is 9.53 Å². The lowest BCUT2D eigenvalue weighted by Gasteiger charge is -2.09. The number of ether oxygens (including phenoxy) is 1. The molecule has 3 rings (SSSR count). The number of aryl methyl sites for hydroxylation is 1. The van der Waals surface area contributed by atoms with Gasteiger partial charge < -0.3 is 10.1 Å². The highest BCUT2D eigenvalue weighted by atomic mass is 16.5. The third kappa shape index (κ3) is 5.54. The molecule has 0 spiro atoms. The van der Waals surface area contributed by atoms with Gasteiger partial charge in [-0.1, -0.05) is 49.4 Å². The molecule has 0 bridgehead atoms. The molecule has 0 atom stereocenters. The summed E-state index contributed by atoms with van der Waals surface area (Å²) in [6.07, 6.45) is 2.76. The van der Waals surface area contributed by atoms with Gasteiger partial charge in [-0.15, -0.1) is 0 Å². The Morgan fingerprint density at radius 3 is 2.41 bits per heavy atom. The zero-order chi connectivity index (χ0) is 18.9. The first-order chi connectivity index (χ1) is 13.2. The van der Waals surface area contributed by atoms with Crippen LogP contribution in [0.1, 0.15) is 18.1 Å². The van der Waals surface area contributed by atoms with Crippen molar-refractivity contribution in [2.75, 3.05) is 11.9 Å². The molecule has 4 nitrogen and oxygen atoms in total. The number of nitrogens with zero attached hydrogens (tertiary/aromatic N) is 1. The number of benzene rings is 3. The van der Waals surface area contributed by atoms with E-state index in [0.717, 1.165) is 23.4 Å². The summed E-state index contributed by atoms with van der Waals surface area (Å²) in [5, 5.41) is 2.80. The minimum atomic E-state index is -0.205. The van der Waals surface area contributed by atoms with E-state index in [9.17, 15) is 4.79 Å². The average Bonchev–Trinajstić information content (AvgIpc) is 2.72. The summed E-state index contributed by atoms with van der Waals surface area (Å²) in [6, 6.07) is 25.0. The second-order valence-electron chi connectivity index (χ2n) is 6.02. The lowest BCUT2D eigenvalue weighted by Crippen LogP contribution is -2.20. The molecule has 0 fully saturated rings. The van der Waals surface area contributed by atoms with Gasteiger partial charge in [-0.3, -0.25) is 9.79 Å². The summed E-state index contributed by atoms with van der Waals surface area (Å²) in [6.45, 7) is 2.06. The highest BCUT2D eigenvalue weighted by molar-refractivity contribution is 5.92. The summed E-state index contributed by atoms with van der Waals surface area (Å²) in [5.41, 5.74) is 3.73. The topological polar surface area (TPSA) is 50.7 Å². The lowest BCUT2D eigenvalue weighted by molar-refractivity contribution is -0.118. The summed E-state index contributed by atoms with van der Waals surface area (Å²) in [4.78, 5) is 16.6. The van der Waals surface area contributed by atoms with Gasteiger partial charge >= 0.3 is 0 Å². The van der Waals surface area contributed by atoms with Crippen LogP contribution in [0.3, 0.4) is 0 Å².